The van der Waals surface area contributed by atoms with Gasteiger partial charge in [0.25, 0.3) is 0 Å². The van der Waals surface area contributed by atoms with Crippen LogP contribution in [0.3, 0.4) is 0 Å². The van der Waals surface area contributed by atoms with Crippen LogP contribution in [0.4, 0.5) is 0 Å². The molecule has 0 radical (unpaired) electrons. The number of halogens is 1. The van der Waals surface area contributed by atoms with Crippen molar-refractivity contribution in [2.24, 2.45) is 0 Å². The maximum atomic E-state index is 5.83. The van der Waals surface area contributed by atoms with E-state index < -0.39 is 0 Å². The van der Waals surface area contributed by atoms with Gasteiger partial charge in [-0.2, -0.15) is 0 Å². The van der Waals surface area contributed by atoms with E-state index in [1.165, 1.54) is 11.1 Å². The molecule has 21 heavy (non-hydrogen) atoms. The number of furan rings is 1. The van der Waals surface area contributed by atoms with Gasteiger partial charge in [-0.1, -0.05) is 22.9 Å². The summed E-state index contributed by atoms with van der Waals surface area (Å²) in [5, 5.41) is 3.51. The predicted octanol–water partition coefficient (Wildman–Crippen LogP) is 4.18. The van der Waals surface area contributed by atoms with Gasteiger partial charge in [0, 0.05) is 10.9 Å². The second-order valence-corrected chi connectivity index (χ2v) is 6.33. The van der Waals surface area contributed by atoms with E-state index in [4.69, 9.17) is 9.15 Å². The summed E-state index contributed by atoms with van der Waals surface area (Å²) in [4.78, 5) is 0. The summed E-state index contributed by atoms with van der Waals surface area (Å²) < 4.78 is 12.7. The minimum absolute atomic E-state index is 0.172. The summed E-state index contributed by atoms with van der Waals surface area (Å²) in [6, 6.07) is 8.56. The van der Waals surface area contributed by atoms with Crippen molar-refractivity contribution in [2.45, 2.75) is 32.7 Å². The van der Waals surface area contributed by atoms with Gasteiger partial charge in [-0.15, -0.1) is 0 Å². The fraction of sp³-hybridized carbons (Fsp3) is 0.412. The highest BCUT2D eigenvalue weighted by atomic mass is 79.9. The van der Waals surface area contributed by atoms with Gasteiger partial charge >= 0.3 is 0 Å². The largest absolute Gasteiger partial charge is 0.493 e. The number of hydrogen-bond acceptors (Lipinski definition) is 3. The smallest absolute Gasteiger partial charge is 0.125 e. The molecule has 3 rings (SSSR count). The summed E-state index contributed by atoms with van der Waals surface area (Å²) in [5.41, 5.74) is 2.53. The average molecular weight is 350 g/mol. The second kappa shape index (κ2) is 6.24. The molecule has 0 saturated carbocycles. The third kappa shape index (κ3) is 3.16. The lowest BCUT2D eigenvalue weighted by atomic mass is 10.00. The van der Waals surface area contributed by atoms with E-state index in [1.54, 1.807) is 0 Å². The van der Waals surface area contributed by atoms with Gasteiger partial charge in [0.2, 0.25) is 0 Å². The zero-order valence-electron chi connectivity index (χ0n) is 12.4. The molecule has 0 fully saturated rings. The number of likely N-dealkylation sites (N-methyl/N-ethyl adjacent to an activating group) is 1. The summed E-state index contributed by atoms with van der Waals surface area (Å²) >= 11 is 3.61. The fourth-order valence-corrected chi connectivity index (χ4v) is 3.43. The van der Waals surface area contributed by atoms with Gasteiger partial charge < -0.3 is 14.5 Å². The normalized spacial score (nSPS) is 14.8. The Hall–Kier alpha value is -1.26. The van der Waals surface area contributed by atoms with Crippen LogP contribution in [0.15, 0.2) is 33.2 Å². The molecule has 1 aliphatic heterocycles. The molecule has 1 unspecified atom stereocenters. The molecule has 0 saturated heterocycles. The van der Waals surface area contributed by atoms with E-state index in [2.05, 4.69) is 46.4 Å². The van der Waals surface area contributed by atoms with Crippen molar-refractivity contribution in [3.63, 3.8) is 0 Å². The molecular weight excluding hydrogens is 330 g/mol. The Balaban J connectivity index is 1.90. The third-order valence-electron chi connectivity index (χ3n) is 3.80. The van der Waals surface area contributed by atoms with Gasteiger partial charge in [0.05, 0.1) is 12.6 Å². The maximum Gasteiger partial charge on any atom is 0.125 e. The summed E-state index contributed by atoms with van der Waals surface area (Å²) in [6.07, 6.45) is 1.86. The van der Waals surface area contributed by atoms with Gasteiger partial charge in [0.15, 0.2) is 0 Å². The number of ether oxygens (including phenoxy) is 1. The van der Waals surface area contributed by atoms with E-state index in [1.807, 2.05) is 13.0 Å². The van der Waals surface area contributed by atoms with Crippen molar-refractivity contribution < 1.29 is 9.15 Å². The molecule has 0 bridgehead atoms. The molecule has 2 heterocycles. The molecule has 112 valence electrons. The quantitative estimate of drug-likeness (QED) is 0.879. The first-order valence-corrected chi connectivity index (χ1v) is 8.20. The van der Waals surface area contributed by atoms with Gasteiger partial charge in [-0.25, -0.2) is 0 Å². The minimum Gasteiger partial charge on any atom is -0.493 e. The average Bonchev–Trinajstić information content (AvgIpc) is 3.06. The van der Waals surface area contributed by atoms with Gasteiger partial charge in [-0.3, -0.25) is 0 Å². The summed E-state index contributed by atoms with van der Waals surface area (Å²) in [5.74, 6) is 2.99. The molecule has 0 spiro atoms. The molecule has 2 aromatic rings. The molecule has 0 amide bonds. The SMILES string of the molecule is CCNC(Cc1cc(Br)cc2c1OCC2)c1ccc(C)o1. The molecule has 1 aliphatic rings. The topological polar surface area (TPSA) is 34.4 Å². The molecular formula is C17H20BrNO2. The number of benzene rings is 1. The first-order chi connectivity index (χ1) is 10.2. The van der Waals surface area contributed by atoms with E-state index in [0.717, 1.165) is 47.7 Å². The summed E-state index contributed by atoms with van der Waals surface area (Å²) in [7, 11) is 0. The number of nitrogens with one attached hydrogen (secondary N) is 1. The molecule has 4 heteroatoms. The molecule has 0 aliphatic carbocycles. The van der Waals surface area contributed by atoms with Crippen LogP contribution in [0, 0.1) is 6.92 Å². The number of aryl methyl sites for hydroxylation is 1. The summed E-state index contributed by atoms with van der Waals surface area (Å²) in [6.45, 7) is 5.78. The monoisotopic (exact) mass is 349 g/mol. The van der Waals surface area contributed by atoms with Crippen LogP contribution in [-0.4, -0.2) is 13.2 Å². The number of fused-ring (bicyclic) bond motifs is 1. The molecule has 1 N–H and O–H groups in total. The van der Waals surface area contributed by atoms with Crippen molar-refractivity contribution in [1.82, 2.24) is 5.32 Å². The van der Waals surface area contributed by atoms with Crippen molar-refractivity contribution in [1.29, 1.82) is 0 Å². The van der Waals surface area contributed by atoms with Crippen molar-refractivity contribution in [2.75, 3.05) is 13.2 Å². The highest BCUT2D eigenvalue weighted by molar-refractivity contribution is 9.10. The van der Waals surface area contributed by atoms with Crippen LogP contribution in [0.1, 0.15) is 35.6 Å². The van der Waals surface area contributed by atoms with Crippen molar-refractivity contribution in [3.05, 3.63) is 51.4 Å². The lowest BCUT2D eigenvalue weighted by molar-refractivity contribution is 0.348. The van der Waals surface area contributed by atoms with Crippen LogP contribution in [-0.2, 0) is 12.8 Å². The van der Waals surface area contributed by atoms with Crippen LogP contribution < -0.4 is 10.1 Å². The Morgan fingerprint density at radius 2 is 2.19 bits per heavy atom. The zero-order chi connectivity index (χ0) is 14.8. The van der Waals surface area contributed by atoms with Crippen molar-refractivity contribution in [3.8, 4) is 5.75 Å². The van der Waals surface area contributed by atoms with Crippen LogP contribution in [0.25, 0.3) is 0 Å². The fourth-order valence-electron chi connectivity index (χ4n) is 2.88. The van der Waals surface area contributed by atoms with Crippen LogP contribution >= 0.6 is 15.9 Å². The Morgan fingerprint density at radius 3 is 2.90 bits per heavy atom. The first-order valence-electron chi connectivity index (χ1n) is 7.41. The first kappa shape index (κ1) is 14.7. The minimum atomic E-state index is 0.172. The van der Waals surface area contributed by atoms with Crippen LogP contribution in [0.2, 0.25) is 0 Å². The Labute approximate surface area is 133 Å². The van der Waals surface area contributed by atoms with Gasteiger partial charge in [-0.05, 0) is 55.3 Å². The van der Waals surface area contributed by atoms with E-state index in [0.29, 0.717) is 0 Å². The highest BCUT2D eigenvalue weighted by Crippen LogP contribution is 2.35. The van der Waals surface area contributed by atoms with Crippen LogP contribution in [0.5, 0.6) is 5.75 Å². The standard InChI is InChI=1S/C17H20BrNO2/c1-3-19-15(16-5-4-11(2)21-16)10-13-9-14(18)8-12-6-7-20-17(12)13/h4-5,8-9,15,19H,3,6-7,10H2,1-2H3. The van der Waals surface area contributed by atoms with Gasteiger partial charge in [0.1, 0.15) is 17.3 Å². The third-order valence-corrected chi connectivity index (χ3v) is 4.26. The highest BCUT2D eigenvalue weighted by Gasteiger charge is 2.22. The maximum absolute atomic E-state index is 5.83. The Bertz CT molecular complexity index is 636. The lowest BCUT2D eigenvalue weighted by Crippen LogP contribution is -2.22. The molecule has 1 aromatic heterocycles. The van der Waals surface area contributed by atoms with E-state index in [-0.39, 0.29) is 6.04 Å². The van der Waals surface area contributed by atoms with E-state index in [9.17, 15) is 0 Å². The lowest BCUT2D eigenvalue weighted by Gasteiger charge is -2.17. The Morgan fingerprint density at radius 1 is 1.33 bits per heavy atom. The van der Waals surface area contributed by atoms with E-state index >= 15 is 0 Å². The molecule has 3 nitrogen and oxygen atoms in total. The molecule has 1 aromatic carbocycles. The number of rotatable bonds is 5. The number of hydrogen-bond donors (Lipinski definition) is 1. The predicted molar refractivity (Wildman–Crippen MR) is 86.9 cm³/mol. The molecule has 1 atom stereocenters. The zero-order valence-corrected chi connectivity index (χ0v) is 14.0. The van der Waals surface area contributed by atoms with Crippen molar-refractivity contribution >= 4 is 15.9 Å². The Kier molecular flexibility index (Phi) is 4.36. The second-order valence-electron chi connectivity index (χ2n) is 5.41.